The average molecular weight is 339 g/mol. The molecule has 0 atom stereocenters. The maximum Gasteiger partial charge on any atom is -0.0136 e. The van der Waals surface area contributed by atoms with Crippen molar-refractivity contribution < 1.29 is 0 Å². The lowest BCUT2D eigenvalue weighted by atomic mass is 10.2. The maximum absolute atomic E-state index is 4.11. The molecule has 0 saturated heterocycles. The first kappa shape index (κ1) is 18.8. The van der Waals surface area contributed by atoms with E-state index >= 15 is 0 Å². The molecule has 0 rings (SSSR count). The lowest BCUT2D eigenvalue weighted by Gasteiger charge is -2.32. The fourth-order valence-electron chi connectivity index (χ4n) is 2.32. The van der Waals surface area contributed by atoms with Gasteiger partial charge in [-0.15, -0.1) is 0 Å². The van der Waals surface area contributed by atoms with Crippen LogP contribution in [0, 0.1) is 0 Å². The van der Waals surface area contributed by atoms with Crippen LogP contribution in [0.25, 0.3) is 0 Å². The zero-order chi connectivity index (χ0) is 13.7. The maximum atomic E-state index is 4.11. The van der Waals surface area contributed by atoms with Gasteiger partial charge < -0.3 is 0 Å². The minimum Gasteiger partial charge on any atom is -0.183 e. The molecule has 0 heterocycles. The fraction of sp³-hybridized carbons (Fsp3) is 1.00. The smallest absolute Gasteiger partial charge is 0.0136 e. The summed E-state index contributed by atoms with van der Waals surface area (Å²) in [5, 5.41) is 0. The SMILES string of the molecule is CCCCCCCS(Br)(CC)CCCCCCC. The summed E-state index contributed by atoms with van der Waals surface area (Å²) in [7, 11) is -0.439. The van der Waals surface area contributed by atoms with E-state index < -0.39 is 8.46 Å². The van der Waals surface area contributed by atoms with Crippen LogP contribution >= 0.6 is 23.3 Å². The van der Waals surface area contributed by atoms with Crippen molar-refractivity contribution in [1.29, 1.82) is 0 Å². The van der Waals surface area contributed by atoms with E-state index in [1.54, 1.807) is 0 Å². The van der Waals surface area contributed by atoms with Crippen LogP contribution in [-0.2, 0) is 0 Å². The van der Waals surface area contributed by atoms with Gasteiger partial charge in [0.05, 0.1) is 0 Å². The summed E-state index contributed by atoms with van der Waals surface area (Å²) >= 11 is 4.11. The molecule has 0 saturated carbocycles. The van der Waals surface area contributed by atoms with E-state index in [1.807, 2.05) is 0 Å². The topological polar surface area (TPSA) is 0 Å². The molecule has 2 heteroatoms. The predicted molar refractivity (Wildman–Crippen MR) is 94.3 cm³/mol. The lowest BCUT2D eigenvalue weighted by molar-refractivity contribution is 0.653. The van der Waals surface area contributed by atoms with E-state index in [9.17, 15) is 0 Å². The zero-order valence-electron chi connectivity index (χ0n) is 13.0. The van der Waals surface area contributed by atoms with Crippen molar-refractivity contribution in [1.82, 2.24) is 0 Å². The first-order chi connectivity index (χ1) is 8.68. The monoisotopic (exact) mass is 338 g/mol. The molecule has 18 heavy (non-hydrogen) atoms. The molecule has 0 aromatic carbocycles. The van der Waals surface area contributed by atoms with Crippen LogP contribution in [0.3, 0.4) is 0 Å². The summed E-state index contributed by atoms with van der Waals surface area (Å²) in [5.41, 5.74) is 0. The number of hydrogen-bond acceptors (Lipinski definition) is 0. The van der Waals surface area contributed by atoms with Gasteiger partial charge in [0.15, 0.2) is 0 Å². The lowest BCUT2D eigenvalue weighted by Crippen LogP contribution is -2.06. The summed E-state index contributed by atoms with van der Waals surface area (Å²) in [6.45, 7) is 6.97. The van der Waals surface area contributed by atoms with E-state index in [1.165, 1.54) is 81.5 Å². The minimum atomic E-state index is -0.439. The van der Waals surface area contributed by atoms with Crippen LogP contribution in [0.5, 0.6) is 0 Å². The van der Waals surface area contributed by atoms with Crippen LogP contribution in [0.15, 0.2) is 0 Å². The first-order valence-electron chi connectivity index (χ1n) is 8.14. The van der Waals surface area contributed by atoms with Gasteiger partial charge in [0.25, 0.3) is 0 Å². The number of hydrogen-bond donors (Lipinski definition) is 0. The van der Waals surface area contributed by atoms with Gasteiger partial charge in [-0.3, -0.25) is 0 Å². The molecule has 0 bridgehead atoms. The summed E-state index contributed by atoms with van der Waals surface area (Å²) in [6, 6.07) is 0. The summed E-state index contributed by atoms with van der Waals surface area (Å²) in [4.78, 5) is 0. The Hall–Kier alpha value is 0.830. The third-order valence-corrected chi connectivity index (χ3v) is 10.1. The van der Waals surface area contributed by atoms with Gasteiger partial charge in [-0.25, -0.2) is 0 Å². The second kappa shape index (κ2) is 12.8. The molecule has 0 fully saturated rings. The first-order valence-corrected chi connectivity index (χ1v) is 12.1. The van der Waals surface area contributed by atoms with Gasteiger partial charge >= 0.3 is 0 Å². The molecular formula is C16H35BrS. The fourth-order valence-corrected chi connectivity index (χ4v) is 5.92. The van der Waals surface area contributed by atoms with Gasteiger partial charge in [0, 0.05) is 0 Å². The molecule has 0 unspecified atom stereocenters. The number of unbranched alkanes of at least 4 members (excludes halogenated alkanes) is 8. The second-order valence-electron chi connectivity index (χ2n) is 5.47. The summed E-state index contributed by atoms with van der Waals surface area (Å²) < 4.78 is 0. The highest BCUT2D eigenvalue weighted by Crippen LogP contribution is 2.56. The Bertz CT molecular complexity index is 156. The standard InChI is InChI=1S/C16H35BrS/c1-4-7-9-11-13-15-18(17,6-3)16-14-12-10-8-5-2/h4-16H2,1-3H3. The van der Waals surface area contributed by atoms with E-state index in [-0.39, 0.29) is 0 Å². The average Bonchev–Trinajstić information content (AvgIpc) is 2.38. The molecule has 0 aliphatic carbocycles. The van der Waals surface area contributed by atoms with Crippen LogP contribution < -0.4 is 0 Å². The third kappa shape index (κ3) is 10.7. The highest BCUT2D eigenvalue weighted by molar-refractivity contribution is 9.58. The molecule has 0 aromatic heterocycles. The Labute approximate surface area is 125 Å². The Morgan fingerprint density at radius 3 is 1.33 bits per heavy atom. The summed E-state index contributed by atoms with van der Waals surface area (Å²) in [5.74, 6) is 4.29. The Balaban J connectivity index is 3.60. The third-order valence-electron chi connectivity index (χ3n) is 3.74. The van der Waals surface area contributed by atoms with Crippen molar-refractivity contribution >= 4 is 23.3 Å². The molecule has 0 nitrogen and oxygen atoms in total. The highest BCUT2D eigenvalue weighted by Gasteiger charge is 2.16. The normalized spacial score (nSPS) is 12.9. The van der Waals surface area contributed by atoms with Crippen LogP contribution in [0.2, 0.25) is 0 Å². The molecule has 0 aromatic rings. The molecule has 0 spiro atoms. The predicted octanol–water partition coefficient (Wildman–Crippen LogP) is 7.06. The van der Waals surface area contributed by atoms with Gasteiger partial charge in [0.2, 0.25) is 0 Å². The van der Waals surface area contributed by atoms with Gasteiger partial charge in [-0.05, 0) is 44.9 Å². The second-order valence-corrected chi connectivity index (χ2v) is 12.9. The quantitative estimate of drug-likeness (QED) is 0.315. The van der Waals surface area contributed by atoms with Crippen molar-refractivity contribution in [3.63, 3.8) is 0 Å². The molecular weight excluding hydrogens is 304 g/mol. The van der Waals surface area contributed by atoms with E-state index in [4.69, 9.17) is 0 Å². The molecule has 0 radical (unpaired) electrons. The molecule has 0 N–H and O–H groups in total. The van der Waals surface area contributed by atoms with Crippen molar-refractivity contribution in [2.75, 3.05) is 17.3 Å². The summed E-state index contributed by atoms with van der Waals surface area (Å²) in [6.07, 6.45) is 14.2. The van der Waals surface area contributed by atoms with Gasteiger partial charge in [-0.1, -0.05) is 72.1 Å². The Morgan fingerprint density at radius 2 is 1.00 bits per heavy atom. The van der Waals surface area contributed by atoms with E-state index in [2.05, 4.69) is 35.6 Å². The minimum absolute atomic E-state index is 0.439. The van der Waals surface area contributed by atoms with Crippen LogP contribution in [0.1, 0.15) is 85.0 Å². The van der Waals surface area contributed by atoms with Crippen molar-refractivity contribution in [3.05, 3.63) is 0 Å². The van der Waals surface area contributed by atoms with E-state index in [0.717, 1.165) is 0 Å². The van der Waals surface area contributed by atoms with Crippen molar-refractivity contribution in [3.8, 4) is 0 Å². The number of halogens is 1. The highest BCUT2D eigenvalue weighted by atomic mass is 79.9. The largest absolute Gasteiger partial charge is 0.183 e. The zero-order valence-corrected chi connectivity index (χ0v) is 15.4. The number of rotatable bonds is 13. The molecule has 0 amide bonds. The molecule has 112 valence electrons. The van der Waals surface area contributed by atoms with Crippen LogP contribution in [0.4, 0.5) is 0 Å². The molecule has 0 aliphatic rings. The molecule has 0 aliphatic heterocycles. The Morgan fingerprint density at radius 1 is 0.611 bits per heavy atom. The van der Waals surface area contributed by atoms with Crippen molar-refractivity contribution in [2.24, 2.45) is 0 Å². The van der Waals surface area contributed by atoms with Crippen molar-refractivity contribution in [2.45, 2.75) is 85.0 Å². The van der Waals surface area contributed by atoms with Crippen LogP contribution in [-0.4, -0.2) is 17.3 Å². The Kier molecular flexibility index (Phi) is 13.4. The van der Waals surface area contributed by atoms with E-state index in [0.29, 0.717) is 0 Å². The van der Waals surface area contributed by atoms with Gasteiger partial charge in [-0.2, -0.15) is 8.46 Å². The van der Waals surface area contributed by atoms with Gasteiger partial charge in [0.1, 0.15) is 0 Å².